The molecule has 0 saturated carbocycles. The molecule has 0 aliphatic carbocycles. The predicted octanol–water partition coefficient (Wildman–Crippen LogP) is 0.829. The molecule has 0 fully saturated rings. The number of aromatic hydroxyl groups is 1. The van der Waals surface area contributed by atoms with Crippen LogP contribution in [0.5, 0.6) is 5.88 Å². The summed E-state index contributed by atoms with van der Waals surface area (Å²) in [6, 6.07) is 3.29. The number of pyridine rings is 1. The molecule has 0 aromatic carbocycles. The Labute approximate surface area is 53.4 Å². The van der Waals surface area contributed by atoms with Gasteiger partial charge < -0.3 is 10.4 Å². The Bertz CT molecular complexity index is 183. The first-order valence-electron chi connectivity index (χ1n) is 2.65. The number of anilines is 1. The molecule has 0 unspecified atom stereocenters. The minimum atomic E-state index is 0.0500. The summed E-state index contributed by atoms with van der Waals surface area (Å²) in [6.07, 6.45) is 1.56. The van der Waals surface area contributed by atoms with Crippen molar-refractivity contribution in [3.8, 4) is 5.88 Å². The van der Waals surface area contributed by atoms with Gasteiger partial charge in [-0.25, -0.2) is 4.98 Å². The first-order valence-corrected chi connectivity index (χ1v) is 2.65. The van der Waals surface area contributed by atoms with Crippen molar-refractivity contribution in [1.82, 2.24) is 4.98 Å². The van der Waals surface area contributed by atoms with E-state index in [0.717, 1.165) is 5.69 Å². The highest BCUT2D eigenvalue weighted by Crippen LogP contribution is 2.07. The van der Waals surface area contributed by atoms with Crippen molar-refractivity contribution in [3.63, 3.8) is 0 Å². The highest BCUT2D eigenvalue weighted by molar-refractivity contribution is 5.40. The molecule has 0 spiro atoms. The maximum absolute atomic E-state index is 8.71. The third-order valence-corrected chi connectivity index (χ3v) is 1.04. The fourth-order valence-corrected chi connectivity index (χ4v) is 0.534. The van der Waals surface area contributed by atoms with Crippen LogP contribution in [0.25, 0.3) is 0 Å². The molecule has 1 aromatic heterocycles. The summed E-state index contributed by atoms with van der Waals surface area (Å²) in [5.41, 5.74) is 0.896. The smallest absolute Gasteiger partial charge is 0.210 e. The minimum absolute atomic E-state index is 0.0500. The van der Waals surface area contributed by atoms with Gasteiger partial charge in [0.25, 0.3) is 0 Å². The summed E-state index contributed by atoms with van der Waals surface area (Å²) >= 11 is 0. The van der Waals surface area contributed by atoms with Crippen molar-refractivity contribution in [2.24, 2.45) is 0 Å². The van der Waals surface area contributed by atoms with Crippen molar-refractivity contribution in [3.05, 3.63) is 18.3 Å². The largest absolute Gasteiger partial charge is 0.493 e. The van der Waals surface area contributed by atoms with Gasteiger partial charge in [-0.3, -0.25) is 0 Å². The first kappa shape index (κ1) is 5.88. The van der Waals surface area contributed by atoms with Gasteiger partial charge in [-0.1, -0.05) is 0 Å². The molecule has 0 aliphatic rings. The van der Waals surface area contributed by atoms with E-state index >= 15 is 0 Å². The molecule has 48 valence electrons. The molecule has 2 N–H and O–H groups in total. The van der Waals surface area contributed by atoms with Crippen LogP contribution in [-0.2, 0) is 0 Å². The van der Waals surface area contributed by atoms with E-state index in [9.17, 15) is 0 Å². The zero-order chi connectivity index (χ0) is 6.69. The van der Waals surface area contributed by atoms with Gasteiger partial charge in [0.05, 0.1) is 11.9 Å². The molecule has 9 heavy (non-hydrogen) atoms. The van der Waals surface area contributed by atoms with Crippen LogP contribution >= 0.6 is 0 Å². The Morgan fingerprint density at radius 2 is 2.33 bits per heavy atom. The van der Waals surface area contributed by atoms with Gasteiger partial charge in [-0.05, 0) is 6.07 Å². The molecule has 1 aromatic rings. The minimum Gasteiger partial charge on any atom is -0.493 e. The lowest BCUT2D eigenvalue weighted by Crippen LogP contribution is -1.86. The third-order valence-electron chi connectivity index (χ3n) is 1.04. The Balaban J connectivity index is 2.88. The zero-order valence-electron chi connectivity index (χ0n) is 5.13. The second-order valence-electron chi connectivity index (χ2n) is 1.66. The number of hydrogen-bond donors (Lipinski definition) is 2. The molecule has 0 bridgehead atoms. The van der Waals surface area contributed by atoms with E-state index in [0.29, 0.717) is 0 Å². The van der Waals surface area contributed by atoms with Crippen LogP contribution in [0, 0.1) is 0 Å². The zero-order valence-corrected chi connectivity index (χ0v) is 5.13. The van der Waals surface area contributed by atoms with Gasteiger partial charge in [-0.2, -0.15) is 0 Å². The number of hydrogen-bond acceptors (Lipinski definition) is 3. The van der Waals surface area contributed by atoms with E-state index in [2.05, 4.69) is 10.3 Å². The monoisotopic (exact) mass is 124 g/mol. The number of rotatable bonds is 1. The van der Waals surface area contributed by atoms with Crippen LogP contribution in [0.2, 0.25) is 0 Å². The fraction of sp³-hybridized carbons (Fsp3) is 0.167. The summed E-state index contributed by atoms with van der Waals surface area (Å²) < 4.78 is 0. The van der Waals surface area contributed by atoms with Crippen LogP contribution in [0.3, 0.4) is 0 Å². The molecule has 1 rings (SSSR count). The Morgan fingerprint density at radius 3 is 2.78 bits per heavy atom. The third kappa shape index (κ3) is 1.32. The Kier molecular flexibility index (Phi) is 1.53. The molecular weight excluding hydrogens is 116 g/mol. The molecule has 0 atom stereocenters. The highest BCUT2D eigenvalue weighted by atomic mass is 16.3. The Hall–Kier alpha value is -1.25. The topological polar surface area (TPSA) is 45.1 Å². The number of nitrogens with zero attached hydrogens (tertiary/aromatic N) is 1. The fourth-order valence-electron chi connectivity index (χ4n) is 0.534. The maximum Gasteiger partial charge on any atom is 0.210 e. The van der Waals surface area contributed by atoms with Gasteiger partial charge >= 0.3 is 0 Å². The maximum atomic E-state index is 8.71. The Morgan fingerprint density at radius 1 is 1.56 bits per heavy atom. The summed E-state index contributed by atoms with van der Waals surface area (Å²) in [4.78, 5) is 3.64. The van der Waals surface area contributed by atoms with E-state index in [1.165, 1.54) is 6.07 Å². The lowest BCUT2D eigenvalue weighted by Gasteiger charge is -1.95. The van der Waals surface area contributed by atoms with Gasteiger partial charge in [0.1, 0.15) is 0 Å². The normalized spacial score (nSPS) is 9.00. The number of nitrogens with one attached hydrogen (secondary N) is 1. The van der Waals surface area contributed by atoms with Crippen molar-refractivity contribution in [2.45, 2.75) is 0 Å². The van der Waals surface area contributed by atoms with Crippen LogP contribution in [-0.4, -0.2) is 17.1 Å². The SMILES string of the molecule is CNc1ccc(O)nc1. The molecule has 0 radical (unpaired) electrons. The van der Waals surface area contributed by atoms with Crippen LogP contribution in [0.15, 0.2) is 18.3 Å². The van der Waals surface area contributed by atoms with Crippen LogP contribution in [0.1, 0.15) is 0 Å². The molecule has 0 amide bonds. The average molecular weight is 124 g/mol. The van der Waals surface area contributed by atoms with E-state index in [1.807, 2.05) is 0 Å². The quantitative estimate of drug-likeness (QED) is 0.582. The predicted molar refractivity (Wildman–Crippen MR) is 35.4 cm³/mol. The van der Waals surface area contributed by atoms with E-state index < -0.39 is 0 Å². The van der Waals surface area contributed by atoms with Crippen molar-refractivity contribution < 1.29 is 5.11 Å². The highest BCUT2D eigenvalue weighted by Gasteiger charge is 1.87. The molecule has 3 nitrogen and oxygen atoms in total. The second kappa shape index (κ2) is 2.35. The summed E-state index contributed by atoms with van der Waals surface area (Å²) in [7, 11) is 1.80. The van der Waals surface area contributed by atoms with Gasteiger partial charge in [0.2, 0.25) is 5.88 Å². The lowest BCUT2D eigenvalue weighted by atomic mass is 10.4. The number of aromatic nitrogens is 1. The standard InChI is InChI=1S/C6H8N2O/c1-7-5-2-3-6(9)8-4-5/h2-4,7H,1H3,(H,8,9). The molecule has 3 heteroatoms. The molecule has 0 saturated heterocycles. The van der Waals surface area contributed by atoms with E-state index in [4.69, 9.17) is 5.11 Å². The van der Waals surface area contributed by atoms with Crippen LogP contribution < -0.4 is 5.32 Å². The van der Waals surface area contributed by atoms with Gasteiger partial charge in [0.15, 0.2) is 0 Å². The average Bonchev–Trinajstić information content (AvgIpc) is 1.90. The van der Waals surface area contributed by atoms with Crippen molar-refractivity contribution >= 4 is 5.69 Å². The van der Waals surface area contributed by atoms with Crippen molar-refractivity contribution in [2.75, 3.05) is 12.4 Å². The lowest BCUT2D eigenvalue weighted by molar-refractivity contribution is 0.453. The van der Waals surface area contributed by atoms with Crippen molar-refractivity contribution in [1.29, 1.82) is 0 Å². The van der Waals surface area contributed by atoms with Gasteiger partial charge in [-0.15, -0.1) is 0 Å². The summed E-state index contributed by atoms with van der Waals surface area (Å²) in [6.45, 7) is 0. The second-order valence-corrected chi connectivity index (χ2v) is 1.66. The summed E-state index contributed by atoms with van der Waals surface area (Å²) in [5, 5.41) is 11.6. The van der Waals surface area contributed by atoms with Crippen LogP contribution in [0.4, 0.5) is 5.69 Å². The van der Waals surface area contributed by atoms with Gasteiger partial charge in [0, 0.05) is 13.1 Å². The van der Waals surface area contributed by atoms with E-state index in [1.54, 1.807) is 19.3 Å². The summed E-state index contributed by atoms with van der Waals surface area (Å²) in [5.74, 6) is 0.0500. The molecular formula is C6H8N2O. The van der Waals surface area contributed by atoms with E-state index in [-0.39, 0.29) is 5.88 Å². The molecule has 1 heterocycles. The molecule has 0 aliphatic heterocycles. The first-order chi connectivity index (χ1) is 4.33.